The van der Waals surface area contributed by atoms with Gasteiger partial charge < -0.3 is 4.74 Å². The molecule has 0 amide bonds. The molecule has 0 bridgehead atoms. The summed E-state index contributed by atoms with van der Waals surface area (Å²) >= 11 is 0. The minimum atomic E-state index is -3.43. The topological polar surface area (TPSA) is 124 Å². The predicted molar refractivity (Wildman–Crippen MR) is 97.4 cm³/mol. The Bertz CT molecular complexity index is 985. The average Bonchev–Trinajstić information content (AvgIpc) is 2.64. The molecule has 0 heterocycles. The number of ether oxygens (including phenoxy) is 1. The number of ketones is 1. The van der Waals surface area contributed by atoms with Crippen LogP contribution in [0.3, 0.4) is 0 Å². The first-order valence-electron chi connectivity index (χ1n) is 7.59. The molecule has 142 valence electrons. The molecule has 0 N–H and O–H groups in total. The molecule has 10 heteroatoms. The van der Waals surface area contributed by atoms with Crippen molar-refractivity contribution in [3.8, 4) is 0 Å². The largest absolute Gasteiger partial charge is 0.454 e. The Kier molecular flexibility index (Phi) is 5.91. The highest BCUT2D eigenvalue weighted by Gasteiger charge is 2.21. The van der Waals surface area contributed by atoms with Crippen molar-refractivity contribution >= 4 is 33.2 Å². The minimum absolute atomic E-state index is 0.205. The van der Waals surface area contributed by atoms with E-state index in [1.807, 2.05) is 0 Å². The molecular formula is C17H16N2O7S. The summed E-state index contributed by atoms with van der Waals surface area (Å²) in [4.78, 5) is 34.4. The number of nitro groups is 1. The van der Waals surface area contributed by atoms with E-state index in [4.69, 9.17) is 4.74 Å². The Hall–Kier alpha value is -3.27. The van der Waals surface area contributed by atoms with E-state index < -0.39 is 39.0 Å². The average molecular weight is 392 g/mol. The van der Waals surface area contributed by atoms with Gasteiger partial charge in [0, 0.05) is 18.7 Å². The van der Waals surface area contributed by atoms with Gasteiger partial charge in [-0.3, -0.25) is 19.2 Å². The second-order valence-corrected chi connectivity index (χ2v) is 7.56. The molecule has 9 nitrogen and oxygen atoms in total. The van der Waals surface area contributed by atoms with Crippen molar-refractivity contribution in [1.29, 1.82) is 0 Å². The van der Waals surface area contributed by atoms with Gasteiger partial charge >= 0.3 is 5.97 Å². The maximum atomic E-state index is 12.1. The van der Waals surface area contributed by atoms with Gasteiger partial charge in [-0.05, 0) is 30.3 Å². The maximum absolute atomic E-state index is 12.1. The van der Waals surface area contributed by atoms with Gasteiger partial charge in [0.1, 0.15) is 5.56 Å². The SMILES string of the molecule is CN(c1ccc(C(=O)COC(=O)c2ccccc2[N+](=O)[O-])cc1)S(C)(=O)=O. The Morgan fingerprint density at radius 3 is 2.26 bits per heavy atom. The van der Waals surface area contributed by atoms with Crippen molar-refractivity contribution in [3.05, 3.63) is 69.8 Å². The zero-order valence-corrected chi connectivity index (χ0v) is 15.3. The third-order valence-corrected chi connectivity index (χ3v) is 4.91. The summed E-state index contributed by atoms with van der Waals surface area (Å²) in [6.45, 7) is -0.605. The van der Waals surface area contributed by atoms with Crippen LogP contribution in [-0.4, -0.2) is 45.0 Å². The molecule has 0 saturated carbocycles. The summed E-state index contributed by atoms with van der Waals surface area (Å²) in [7, 11) is -2.05. The molecule has 2 rings (SSSR count). The molecule has 2 aromatic carbocycles. The van der Waals surface area contributed by atoms with Crippen molar-refractivity contribution in [2.24, 2.45) is 0 Å². The Balaban J connectivity index is 2.06. The third kappa shape index (κ3) is 4.88. The lowest BCUT2D eigenvalue weighted by molar-refractivity contribution is -0.385. The fourth-order valence-electron chi connectivity index (χ4n) is 2.15. The molecule has 0 aliphatic heterocycles. The quantitative estimate of drug-likeness (QED) is 0.305. The van der Waals surface area contributed by atoms with Gasteiger partial charge in [0.25, 0.3) is 5.69 Å². The number of nitrogens with zero attached hydrogens (tertiary/aromatic N) is 2. The number of nitro benzene ring substituents is 1. The van der Waals surface area contributed by atoms with E-state index in [1.54, 1.807) is 0 Å². The number of carbonyl (C=O) groups is 2. The molecule has 2 aromatic rings. The van der Waals surface area contributed by atoms with Crippen molar-refractivity contribution in [1.82, 2.24) is 0 Å². The van der Waals surface area contributed by atoms with Gasteiger partial charge in [0.05, 0.1) is 16.9 Å². The molecule has 0 radical (unpaired) electrons. The van der Waals surface area contributed by atoms with Crippen LogP contribution in [-0.2, 0) is 14.8 Å². The first-order valence-corrected chi connectivity index (χ1v) is 9.44. The molecule has 0 aliphatic rings. The van der Waals surface area contributed by atoms with Crippen LogP contribution < -0.4 is 4.31 Å². The van der Waals surface area contributed by atoms with E-state index in [0.717, 1.165) is 16.6 Å². The Labute approximate surface area is 155 Å². The number of hydrogen-bond donors (Lipinski definition) is 0. The van der Waals surface area contributed by atoms with Gasteiger partial charge in [-0.1, -0.05) is 12.1 Å². The van der Waals surface area contributed by atoms with E-state index in [9.17, 15) is 28.1 Å². The van der Waals surface area contributed by atoms with Crippen molar-refractivity contribution in [2.45, 2.75) is 0 Å². The maximum Gasteiger partial charge on any atom is 0.345 e. The van der Waals surface area contributed by atoms with E-state index >= 15 is 0 Å². The Morgan fingerprint density at radius 1 is 1.11 bits per heavy atom. The number of sulfonamides is 1. The molecule has 0 atom stereocenters. The molecule has 0 aliphatic carbocycles. The van der Waals surface area contributed by atoms with Crippen LogP contribution in [0, 0.1) is 10.1 Å². The highest BCUT2D eigenvalue weighted by molar-refractivity contribution is 7.92. The van der Waals surface area contributed by atoms with Gasteiger partial charge in [-0.25, -0.2) is 13.2 Å². The second-order valence-electron chi connectivity index (χ2n) is 5.55. The summed E-state index contributed by atoms with van der Waals surface area (Å²) in [6.07, 6.45) is 1.05. The van der Waals surface area contributed by atoms with Gasteiger partial charge in [-0.15, -0.1) is 0 Å². The predicted octanol–water partition coefficient (Wildman–Crippen LogP) is 2.03. The number of rotatable bonds is 7. The van der Waals surface area contributed by atoms with Gasteiger partial charge in [0.2, 0.25) is 10.0 Å². The lowest BCUT2D eigenvalue weighted by Gasteiger charge is -2.16. The lowest BCUT2D eigenvalue weighted by Crippen LogP contribution is -2.24. The molecule has 0 fully saturated rings. The summed E-state index contributed by atoms with van der Waals surface area (Å²) in [5.41, 5.74) is -0.0921. The smallest absolute Gasteiger partial charge is 0.345 e. The fraction of sp³-hybridized carbons (Fsp3) is 0.176. The normalized spacial score (nSPS) is 10.9. The van der Waals surface area contributed by atoms with E-state index in [-0.39, 0.29) is 11.1 Å². The lowest BCUT2D eigenvalue weighted by atomic mass is 10.1. The minimum Gasteiger partial charge on any atom is -0.454 e. The molecule has 0 aromatic heterocycles. The number of esters is 1. The zero-order chi connectivity index (χ0) is 20.2. The number of hydrogen-bond acceptors (Lipinski definition) is 7. The molecule has 0 spiro atoms. The van der Waals surface area contributed by atoms with Crippen LogP contribution in [0.5, 0.6) is 0 Å². The highest BCUT2D eigenvalue weighted by Crippen LogP contribution is 2.19. The number of anilines is 1. The first kappa shape index (κ1) is 20.0. The Morgan fingerprint density at radius 2 is 1.70 bits per heavy atom. The number of benzene rings is 2. The summed E-state index contributed by atoms with van der Waals surface area (Å²) in [5.74, 6) is -1.51. The van der Waals surface area contributed by atoms with E-state index in [2.05, 4.69) is 0 Å². The van der Waals surface area contributed by atoms with Crippen LogP contribution in [0.25, 0.3) is 0 Å². The van der Waals surface area contributed by atoms with E-state index in [1.165, 1.54) is 49.5 Å². The van der Waals surface area contributed by atoms with Crippen LogP contribution >= 0.6 is 0 Å². The summed E-state index contributed by atoms with van der Waals surface area (Å²) in [6, 6.07) is 10.9. The zero-order valence-electron chi connectivity index (χ0n) is 14.5. The summed E-state index contributed by atoms with van der Waals surface area (Å²) < 4.78 is 28.9. The fourth-order valence-corrected chi connectivity index (χ4v) is 2.65. The second kappa shape index (κ2) is 7.96. The standard InChI is InChI=1S/C17H16N2O7S/c1-18(27(2,24)25)13-9-7-12(8-10-13)16(20)11-26-17(21)14-5-3-4-6-15(14)19(22)23/h3-10H,11H2,1-2H3. The van der Waals surface area contributed by atoms with Crippen molar-refractivity contribution in [3.63, 3.8) is 0 Å². The molecular weight excluding hydrogens is 376 g/mol. The summed E-state index contributed by atoms with van der Waals surface area (Å²) in [5, 5.41) is 10.9. The van der Waals surface area contributed by atoms with Crippen LogP contribution in [0.1, 0.15) is 20.7 Å². The number of para-hydroxylation sites is 1. The van der Waals surface area contributed by atoms with E-state index in [0.29, 0.717) is 5.69 Å². The highest BCUT2D eigenvalue weighted by atomic mass is 32.2. The first-order chi connectivity index (χ1) is 12.6. The van der Waals surface area contributed by atoms with Crippen molar-refractivity contribution < 1.29 is 27.7 Å². The third-order valence-electron chi connectivity index (χ3n) is 3.71. The van der Waals surface area contributed by atoms with Crippen LogP contribution in [0.2, 0.25) is 0 Å². The van der Waals surface area contributed by atoms with Gasteiger partial charge in [0.15, 0.2) is 12.4 Å². The monoisotopic (exact) mass is 392 g/mol. The number of carbonyl (C=O) groups excluding carboxylic acids is 2. The molecule has 27 heavy (non-hydrogen) atoms. The van der Waals surface area contributed by atoms with Crippen LogP contribution in [0.15, 0.2) is 48.5 Å². The van der Waals surface area contributed by atoms with Crippen LogP contribution in [0.4, 0.5) is 11.4 Å². The molecule has 0 unspecified atom stereocenters. The number of Topliss-reactive ketones (excluding diaryl/α,β-unsaturated/α-hetero) is 1. The van der Waals surface area contributed by atoms with Gasteiger partial charge in [-0.2, -0.15) is 0 Å². The van der Waals surface area contributed by atoms with Crippen molar-refractivity contribution in [2.75, 3.05) is 24.2 Å². The molecule has 0 saturated heterocycles.